The van der Waals surface area contributed by atoms with E-state index in [1.807, 2.05) is 18.2 Å². The van der Waals surface area contributed by atoms with E-state index in [0.29, 0.717) is 30.4 Å². The van der Waals surface area contributed by atoms with Gasteiger partial charge < -0.3 is 19.6 Å². The van der Waals surface area contributed by atoms with Crippen molar-refractivity contribution in [2.45, 2.75) is 12.8 Å². The molecule has 3 rings (SSSR count). The number of carbonyl (C=O) groups excluding carboxylic acids is 2. The molecule has 0 saturated carbocycles. The second-order valence-electron chi connectivity index (χ2n) is 5.18. The van der Waals surface area contributed by atoms with Gasteiger partial charge in [0.25, 0.3) is 5.91 Å². The number of carbonyl (C=O) groups is 2. The zero-order valence-electron chi connectivity index (χ0n) is 13.3. The number of nitrogens with one attached hydrogen (secondary N) is 2. The number of amides is 2. The number of benzene rings is 1. The van der Waals surface area contributed by atoms with Crippen LogP contribution in [0.4, 0.5) is 5.69 Å². The van der Waals surface area contributed by atoms with Crippen LogP contribution in [-0.2, 0) is 17.6 Å². The summed E-state index contributed by atoms with van der Waals surface area (Å²) in [5.74, 6) is 0.337. The first-order valence-electron chi connectivity index (χ1n) is 7.69. The molecule has 0 aliphatic heterocycles. The van der Waals surface area contributed by atoms with E-state index in [-0.39, 0.29) is 24.0 Å². The maximum Gasteiger partial charge on any atom is 0.286 e. The van der Waals surface area contributed by atoms with Crippen LogP contribution in [0.15, 0.2) is 57.7 Å². The molecule has 128 valence electrons. The molecule has 0 fully saturated rings. The molecular weight excluding hydrogens is 324 g/mol. The van der Waals surface area contributed by atoms with Crippen LogP contribution in [0.2, 0.25) is 0 Å². The van der Waals surface area contributed by atoms with E-state index < -0.39 is 0 Å². The predicted molar refractivity (Wildman–Crippen MR) is 87.8 cm³/mol. The third-order valence-electron chi connectivity index (χ3n) is 3.26. The summed E-state index contributed by atoms with van der Waals surface area (Å²) in [5.41, 5.74) is 0.705. The van der Waals surface area contributed by atoms with Crippen LogP contribution in [0.25, 0.3) is 0 Å². The molecule has 0 aliphatic carbocycles. The first kappa shape index (κ1) is 16.4. The van der Waals surface area contributed by atoms with Crippen molar-refractivity contribution in [1.82, 2.24) is 15.5 Å². The number of hydrogen-bond donors (Lipinski definition) is 2. The second-order valence-corrected chi connectivity index (χ2v) is 5.18. The van der Waals surface area contributed by atoms with Gasteiger partial charge in [0.1, 0.15) is 0 Å². The van der Waals surface area contributed by atoms with Crippen LogP contribution in [-0.4, -0.2) is 28.5 Å². The number of para-hydroxylation sites is 1. The summed E-state index contributed by atoms with van der Waals surface area (Å²) in [5, 5.41) is 9.19. The van der Waals surface area contributed by atoms with Crippen molar-refractivity contribution in [3.05, 3.63) is 66.2 Å². The third kappa shape index (κ3) is 4.77. The van der Waals surface area contributed by atoms with Crippen LogP contribution in [0.5, 0.6) is 0 Å². The van der Waals surface area contributed by atoms with E-state index in [1.165, 1.54) is 6.26 Å². The zero-order valence-corrected chi connectivity index (χ0v) is 13.3. The van der Waals surface area contributed by atoms with E-state index in [9.17, 15) is 9.59 Å². The standard InChI is InChI=1S/C17H16N4O4/c22-15(19-12-5-2-1-3-6-12)11-14-20-16(25-21-14)8-9-18-17(23)13-7-4-10-24-13/h1-7,10H,8-9,11H2,(H,18,23)(H,19,22). The van der Waals surface area contributed by atoms with Crippen molar-refractivity contribution >= 4 is 17.5 Å². The van der Waals surface area contributed by atoms with E-state index in [4.69, 9.17) is 8.94 Å². The molecule has 0 saturated heterocycles. The Labute approximate surface area is 143 Å². The summed E-state index contributed by atoms with van der Waals surface area (Å²) in [7, 11) is 0. The average Bonchev–Trinajstić information content (AvgIpc) is 3.27. The van der Waals surface area contributed by atoms with E-state index >= 15 is 0 Å². The summed E-state index contributed by atoms with van der Waals surface area (Å²) in [6.07, 6.45) is 1.80. The molecule has 2 amide bonds. The maximum atomic E-state index is 11.9. The Kier molecular flexibility index (Phi) is 5.20. The molecule has 0 spiro atoms. The van der Waals surface area contributed by atoms with Gasteiger partial charge in [-0.2, -0.15) is 4.98 Å². The lowest BCUT2D eigenvalue weighted by atomic mass is 10.3. The van der Waals surface area contributed by atoms with Gasteiger partial charge in [-0.1, -0.05) is 23.4 Å². The zero-order chi connectivity index (χ0) is 17.5. The van der Waals surface area contributed by atoms with Crippen LogP contribution in [0.3, 0.4) is 0 Å². The number of rotatable bonds is 7. The Balaban J connectivity index is 1.44. The summed E-state index contributed by atoms with van der Waals surface area (Å²) in [6, 6.07) is 12.3. The van der Waals surface area contributed by atoms with Crippen molar-refractivity contribution in [2.75, 3.05) is 11.9 Å². The minimum absolute atomic E-state index is 0.0111. The van der Waals surface area contributed by atoms with Gasteiger partial charge in [0, 0.05) is 18.7 Å². The van der Waals surface area contributed by atoms with Gasteiger partial charge in [-0.05, 0) is 24.3 Å². The first-order valence-corrected chi connectivity index (χ1v) is 7.69. The number of nitrogens with zero attached hydrogens (tertiary/aromatic N) is 2. The van der Waals surface area contributed by atoms with Gasteiger partial charge in [0.15, 0.2) is 11.6 Å². The highest BCUT2D eigenvalue weighted by Crippen LogP contribution is 2.06. The summed E-state index contributed by atoms with van der Waals surface area (Å²) in [6.45, 7) is 0.317. The summed E-state index contributed by atoms with van der Waals surface area (Å²) < 4.78 is 10.1. The Hall–Kier alpha value is -3.42. The molecule has 3 aromatic rings. The van der Waals surface area contributed by atoms with Crippen molar-refractivity contribution in [3.8, 4) is 0 Å². The third-order valence-corrected chi connectivity index (χ3v) is 3.26. The molecule has 0 unspecified atom stereocenters. The molecular formula is C17H16N4O4. The summed E-state index contributed by atoms with van der Waals surface area (Å²) in [4.78, 5) is 27.8. The van der Waals surface area contributed by atoms with Gasteiger partial charge in [0.2, 0.25) is 11.8 Å². The van der Waals surface area contributed by atoms with Crippen molar-refractivity contribution in [2.24, 2.45) is 0 Å². The van der Waals surface area contributed by atoms with Crippen molar-refractivity contribution < 1.29 is 18.5 Å². The minimum atomic E-state index is -0.313. The van der Waals surface area contributed by atoms with Gasteiger partial charge in [-0.3, -0.25) is 9.59 Å². The van der Waals surface area contributed by atoms with Gasteiger partial charge >= 0.3 is 0 Å². The molecule has 25 heavy (non-hydrogen) atoms. The fraction of sp³-hybridized carbons (Fsp3) is 0.176. The van der Waals surface area contributed by atoms with Gasteiger partial charge in [0.05, 0.1) is 12.7 Å². The first-order chi connectivity index (χ1) is 12.2. The van der Waals surface area contributed by atoms with Crippen LogP contribution in [0.1, 0.15) is 22.3 Å². The molecule has 0 radical (unpaired) electrons. The average molecular weight is 340 g/mol. The highest BCUT2D eigenvalue weighted by atomic mass is 16.5. The molecule has 2 heterocycles. The molecule has 0 atom stereocenters. The minimum Gasteiger partial charge on any atom is -0.459 e. The highest BCUT2D eigenvalue weighted by Gasteiger charge is 2.12. The molecule has 1 aromatic carbocycles. The quantitative estimate of drug-likeness (QED) is 0.679. The predicted octanol–water partition coefficient (Wildman–Crippen LogP) is 1.82. The Morgan fingerprint density at radius 3 is 2.68 bits per heavy atom. The Bertz CT molecular complexity index is 827. The fourth-order valence-corrected chi connectivity index (χ4v) is 2.11. The van der Waals surface area contributed by atoms with E-state index in [1.54, 1.807) is 24.3 Å². The molecule has 0 aliphatic rings. The van der Waals surface area contributed by atoms with Crippen molar-refractivity contribution in [1.29, 1.82) is 0 Å². The summed E-state index contributed by atoms with van der Waals surface area (Å²) >= 11 is 0. The lowest BCUT2D eigenvalue weighted by Gasteiger charge is -2.02. The van der Waals surface area contributed by atoms with Crippen LogP contribution in [0, 0.1) is 0 Å². The molecule has 8 heteroatoms. The maximum absolute atomic E-state index is 11.9. The smallest absolute Gasteiger partial charge is 0.286 e. The van der Waals surface area contributed by atoms with Crippen LogP contribution >= 0.6 is 0 Å². The Morgan fingerprint density at radius 1 is 1.08 bits per heavy atom. The van der Waals surface area contributed by atoms with E-state index in [0.717, 1.165) is 0 Å². The van der Waals surface area contributed by atoms with Gasteiger partial charge in [-0.15, -0.1) is 0 Å². The monoisotopic (exact) mass is 340 g/mol. The molecule has 8 nitrogen and oxygen atoms in total. The second kappa shape index (κ2) is 7.91. The fourth-order valence-electron chi connectivity index (χ4n) is 2.11. The normalized spacial score (nSPS) is 10.4. The number of hydrogen-bond acceptors (Lipinski definition) is 6. The van der Waals surface area contributed by atoms with Crippen LogP contribution < -0.4 is 10.6 Å². The molecule has 0 bridgehead atoms. The van der Waals surface area contributed by atoms with Gasteiger partial charge in [-0.25, -0.2) is 0 Å². The SMILES string of the molecule is O=C(Cc1noc(CCNC(=O)c2ccco2)n1)Nc1ccccc1. The van der Waals surface area contributed by atoms with E-state index in [2.05, 4.69) is 20.8 Å². The molecule has 2 N–H and O–H groups in total. The largest absolute Gasteiger partial charge is 0.459 e. The Morgan fingerprint density at radius 2 is 1.92 bits per heavy atom. The highest BCUT2D eigenvalue weighted by molar-refractivity contribution is 5.92. The number of aromatic nitrogens is 2. The molecule has 2 aromatic heterocycles. The van der Waals surface area contributed by atoms with Crippen molar-refractivity contribution in [3.63, 3.8) is 0 Å². The topological polar surface area (TPSA) is 110 Å². The lowest BCUT2D eigenvalue weighted by Crippen LogP contribution is -2.25. The number of furan rings is 1. The lowest BCUT2D eigenvalue weighted by molar-refractivity contribution is -0.115. The number of anilines is 1.